The van der Waals surface area contributed by atoms with Crippen LogP contribution in [0, 0.1) is 0 Å². The first-order valence-corrected chi connectivity index (χ1v) is 10.3. The topological polar surface area (TPSA) is 71.0 Å². The van der Waals surface area contributed by atoms with Gasteiger partial charge in [0.25, 0.3) is 0 Å². The summed E-state index contributed by atoms with van der Waals surface area (Å²) in [4.78, 5) is 6.51. The van der Waals surface area contributed by atoms with Crippen molar-refractivity contribution < 1.29 is 13.2 Å². The molecular formula is C18H22Cl2IN3O3S. The predicted molar refractivity (Wildman–Crippen MR) is 125 cm³/mol. The SMILES string of the molecule is COc1ccc(N=C(C)N(C)CCNS(=O)(=O)c2ccc(Cl)cc2)cc1Cl.I. The van der Waals surface area contributed by atoms with E-state index in [4.69, 9.17) is 27.9 Å². The molecule has 0 bridgehead atoms. The van der Waals surface area contributed by atoms with Gasteiger partial charge in [0, 0.05) is 25.2 Å². The maximum Gasteiger partial charge on any atom is 0.240 e. The van der Waals surface area contributed by atoms with Crippen LogP contribution < -0.4 is 9.46 Å². The molecule has 0 saturated heterocycles. The summed E-state index contributed by atoms with van der Waals surface area (Å²) in [5.74, 6) is 1.31. The fourth-order valence-corrected chi connectivity index (χ4v) is 3.60. The number of aliphatic imine (C=N–C) groups is 1. The molecule has 154 valence electrons. The van der Waals surface area contributed by atoms with E-state index >= 15 is 0 Å². The molecule has 10 heteroatoms. The van der Waals surface area contributed by atoms with E-state index < -0.39 is 10.0 Å². The molecule has 0 aromatic heterocycles. The largest absolute Gasteiger partial charge is 0.495 e. The quantitative estimate of drug-likeness (QED) is 0.307. The van der Waals surface area contributed by atoms with E-state index in [1.54, 1.807) is 37.4 Å². The number of nitrogens with one attached hydrogen (secondary N) is 1. The highest BCUT2D eigenvalue weighted by molar-refractivity contribution is 14.0. The van der Waals surface area contributed by atoms with Crippen LogP contribution in [-0.4, -0.2) is 46.4 Å². The van der Waals surface area contributed by atoms with E-state index in [9.17, 15) is 8.42 Å². The molecule has 0 aliphatic heterocycles. The molecule has 1 N–H and O–H groups in total. The number of ether oxygens (including phenoxy) is 1. The highest BCUT2D eigenvalue weighted by atomic mass is 127. The van der Waals surface area contributed by atoms with Crippen LogP contribution in [0.25, 0.3) is 0 Å². The summed E-state index contributed by atoms with van der Waals surface area (Å²) in [6.07, 6.45) is 0. The van der Waals surface area contributed by atoms with E-state index in [-0.39, 0.29) is 35.4 Å². The molecule has 2 rings (SSSR count). The van der Waals surface area contributed by atoms with Gasteiger partial charge in [-0.2, -0.15) is 0 Å². The number of methoxy groups -OCH3 is 1. The average molecular weight is 558 g/mol. The van der Waals surface area contributed by atoms with Gasteiger partial charge in [-0.1, -0.05) is 23.2 Å². The highest BCUT2D eigenvalue weighted by Gasteiger charge is 2.13. The van der Waals surface area contributed by atoms with E-state index in [1.807, 2.05) is 18.9 Å². The van der Waals surface area contributed by atoms with Crippen LogP contribution in [0.4, 0.5) is 5.69 Å². The van der Waals surface area contributed by atoms with Crippen LogP contribution in [0.2, 0.25) is 10.0 Å². The first-order valence-electron chi connectivity index (χ1n) is 8.08. The third-order valence-electron chi connectivity index (χ3n) is 3.84. The summed E-state index contributed by atoms with van der Waals surface area (Å²) in [5.41, 5.74) is 0.687. The van der Waals surface area contributed by atoms with Crippen molar-refractivity contribution in [2.24, 2.45) is 4.99 Å². The number of sulfonamides is 1. The van der Waals surface area contributed by atoms with Crippen molar-refractivity contribution in [3.8, 4) is 5.75 Å². The normalized spacial score (nSPS) is 11.7. The molecule has 0 spiro atoms. The Morgan fingerprint density at radius 1 is 1.18 bits per heavy atom. The van der Waals surface area contributed by atoms with Crippen molar-refractivity contribution in [1.82, 2.24) is 9.62 Å². The van der Waals surface area contributed by atoms with E-state index in [0.29, 0.717) is 28.0 Å². The molecule has 0 fully saturated rings. The van der Waals surface area contributed by atoms with Crippen LogP contribution in [0.1, 0.15) is 6.92 Å². The average Bonchev–Trinajstić information content (AvgIpc) is 2.62. The number of rotatable bonds is 7. The minimum atomic E-state index is -3.58. The molecule has 0 heterocycles. The molecule has 0 aliphatic rings. The van der Waals surface area contributed by atoms with Gasteiger partial charge in [0.05, 0.1) is 22.7 Å². The molecule has 6 nitrogen and oxygen atoms in total. The number of halogens is 3. The lowest BCUT2D eigenvalue weighted by molar-refractivity contribution is 0.415. The van der Waals surface area contributed by atoms with E-state index in [2.05, 4.69) is 9.71 Å². The summed E-state index contributed by atoms with van der Waals surface area (Å²) >= 11 is 11.9. The number of nitrogens with zero attached hydrogens (tertiary/aromatic N) is 2. The summed E-state index contributed by atoms with van der Waals surface area (Å²) < 4.78 is 32.2. The minimum absolute atomic E-state index is 0. The lowest BCUT2D eigenvalue weighted by atomic mass is 10.3. The molecule has 0 amide bonds. The van der Waals surface area contributed by atoms with E-state index in [1.165, 1.54) is 12.1 Å². The minimum Gasteiger partial charge on any atom is -0.495 e. The van der Waals surface area contributed by atoms with Crippen LogP contribution in [0.15, 0.2) is 52.4 Å². The molecule has 2 aromatic carbocycles. The first-order chi connectivity index (χ1) is 12.7. The van der Waals surface area contributed by atoms with Gasteiger partial charge in [0.2, 0.25) is 10.0 Å². The molecule has 0 atom stereocenters. The summed E-state index contributed by atoms with van der Waals surface area (Å²) in [6, 6.07) is 11.3. The van der Waals surface area contributed by atoms with Gasteiger partial charge in [-0.15, -0.1) is 24.0 Å². The highest BCUT2D eigenvalue weighted by Crippen LogP contribution is 2.28. The summed E-state index contributed by atoms with van der Waals surface area (Å²) in [7, 11) is -0.193. The van der Waals surface area contributed by atoms with Crippen molar-refractivity contribution >= 4 is 68.7 Å². The maximum atomic E-state index is 12.3. The third-order valence-corrected chi connectivity index (χ3v) is 5.87. The van der Waals surface area contributed by atoms with Crippen molar-refractivity contribution in [3.63, 3.8) is 0 Å². The van der Waals surface area contributed by atoms with Crippen molar-refractivity contribution in [1.29, 1.82) is 0 Å². The van der Waals surface area contributed by atoms with Gasteiger partial charge >= 0.3 is 0 Å². The number of amidine groups is 1. The number of hydrogen-bond acceptors (Lipinski definition) is 4. The molecule has 0 radical (unpaired) electrons. The number of benzene rings is 2. The number of hydrogen-bond donors (Lipinski definition) is 1. The monoisotopic (exact) mass is 557 g/mol. The Balaban J connectivity index is 0.00000392. The fraction of sp³-hybridized carbons (Fsp3) is 0.278. The van der Waals surface area contributed by atoms with Gasteiger partial charge in [-0.25, -0.2) is 18.1 Å². The molecule has 0 saturated carbocycles. The van der Waals surface area contributed by atoms with Gasteiger partial charge in [-0.3, -0.25) is 0 Å². The Morgan fingerprint density at radius 2 is 1.82 bits per heavy atom. The van der Waals surface area contributed by atoms with Crippen LogP contribution in [0.3, 0.4) is 0 Å². The van der Waals surface area contributed by atoms with Crippen molar-refractivity contribution in [2.45, 2.75) is 11.8 Å². The first kappa shape index (κ1) is 25.0. The van der Waals surface area contributed by atoms with Crippen LogP contribution >= 0.6 is 47.2 Å². The van der Waals surface area contributed by atoms with Crippen LogP contribution in [0.5, 0.6) is 5.75 Å². The Bertz CT molecular complexity index is 922. The second kappa shape index (κ2) is 11.2. The number of likely N-dealkylation sites (N-methyl/N-ethyl adjacent to an activating group) is 1. The molecule has 0 aliphatic carbocycles. The zero-order valence-electron chi connectivity index (χ0n) is 15.6. The second-order valence-corrected chi connectivity index (χ2v) is 8.36. The van der Waals surface area contributed by atoms with Crippen molar-refractivity contribution in [2.75, 3.05) is 27.2 Å². The van der Waals surface area contributed by atoms with E-state index in [0.717, 1.165) is 5.84 Å². The zero-order valence-corrected chi connectivity index (χ0v) is 20.3. The summed E-state index contributed by atoms with van der Waals surface area (Å²) in [5, 5.41) is 0.962. The van der Waals surface area contributed by atoms with Gasteiger partial charge in [-0.05, 0) is 49.4 Å². The smallest absolute Gasteiger partial charge is 0.240 e. The Kier molecular flexibility index (Phi) is 9.99. The maximum absolute atomic E-state index is 12.3. The lowest BCUT2D eigenvalue weighted by Gasteiger charge is -2.19. The Labute approximate surface area is 193 Å². The molecule has 28 heavy (non-hydrogen) atoms. The molecular weight excluding hydrogens is 536 g/mol. The van der Waals surface area contributed by atoms with Crippen LogP contribution in [-0.2, 0) is 10.0 Å². The molecule has 2 aromatic rings. The summed E-state index contributed by atoms with van der Waals surface area (Å²) in [6.45, 7) is 2.52. The fourth-order valence-electron chi connectivity index (χ4n) is 2.20. The standard InChI is InChI=1S/C18H21Cl2N3O3S.HI/c1-13(22-15-6-9-18(26-3)17(20)12-15)23(2)11-10-21-27(24,25)16-7-4-14(19)5-8-16;/h4-9,12,21H,10-11H2,1-3H3;1H. The third kappa shape index (κ3) is 7.07. The van der Waals surface area contributed by atoms with Gasteiger partial charge in [0.15, 0.2) is 0 Å². The van der Waals surface area contributed by atoms with Crippen molar-refractivity contribution in [3.05, 3.63) is 52.5 Å². The Hall–Kier alpha value is -1.07. The lowest BCUT2D eigenvalue weighted by Crippen LogP contribution is -2.35. The van der Waals surface area contributed by atoms with Gasteiger partial charge < -0.3 is 9.64 Å². The predicted octanol–water partition coefficient (Wildman–Crippen LogP) is 4.58. The molecule has 0 unspecified atom stereocenters. The second-order valence-electron chi connectivity index (χ2n) is 5.75. The zero-order chi connectivity index (χ0) is 20.0. The van der Waals surface area contributed by atoms with Gasteiger partial charge in [0.1, 0.15) is 11.6 Å². The Morgan fingerprint density at radius 3 is 2.39 bits per heavy atom.